The summed E-state index contributed by atoms with van der Waals surface area (Å²) >= 11 is 5.47. The molecule has 28 heavy (non-hydrogen) atoms. The van der Waals surface area contributed by atoms with Gasteiger partial charge in [-0.15, -0.1) is 0 Å². The van der Waals surface area contributed by atoms with Crippen molar-refractivity contribution in [3.8, 4) is 28.6 Å². The minimum Gasteiger partial charge on any atom is -0.508 e. The zero-order valence-electron chi connectivity index (χ0n) is 16.1. The second-order valence-corrected chi connectivity index (χ2v) is 7.88. The van der Waals surface area contributed by atoms with Crippen LogP contribution in [0.5, 0.6) is 11.5 Å². The van der Waals surface area contributed by atoms with Crippen molar-refractivity contribution >= 4 is 12.2 Å². The Morgan fingerprint density at radius 3 is 2.61 bits per heavy atom. The van der Waals surface area contributed by atoms with E-state index in [-0.39, 0.29) is 23.5 Å². The van der Waals surface area contributed by atoms with E-state index in [1.807, 2.05) is 24.5 Å². The van der Waals surface area contributed by atoms with E-state index in [1.54, 1.807) is 13.2 Å². The van der Waals surface area contributed by atoms with Crippen LogP contribution in [0.1, 0.15) is 36.5 Å². The van der Waals surface area contributed by atoms with Crippen LogP contribution in [0.2, 0.25) is 0 Å². The van der Waals surface area contributed by atoms with E-state index < -0.39 is 0 Å². The van der Waals surface area contributed by atoms with Gasteiger partial charge in [-0.2, -0.15) is 5.10 Å². The molecule has 1 aliphatic rings. The van der Waals surface area contributed by atoms with Crippen molar-refractivity contribution < 1.29 is 14.9 Å². The number of H-pyrrole nitrogens is 1. The molecule has 1 unspecified atom stereocenters. The number of nitrogens with one attached hydrogen (secondary N) is 1. The van der Waals surface area contributed by atoms with Crippen LogP contribution in [0.3, 0.4) is 0 Å². The maximum atomic E-state index is 10.5. The normalized spacial score (nSPS) is 15.9. The second-order valence-electron chi connectivity index (χ2n) is 7.49. The largest absolute Gasteiger partial charge is 0.508 e. The van der Waals surface area contributed by atoms with Crippen LogP contribution in [0.25, 0.3) is 17.1 Å². The molecular weight excluding hydrogens is 374 g/mol. The van der Waals surface area contributed by atoms with Crippen LogP contribution >= 0.6 is 12.2 Å². The molecule has 3 N–H and O–H groups in total. The number of methoxy groups -OCH3 is 1. The lowest BCUT2D eigenvalue weighted by Crippen LogP contribution is -2.08. The summed E-state index contributed by atoms with van der Waals surface area (Å²) < 4.78 is 7.75. The topological polar surface area (TPSA) is 83.3 Å². The molecule has 0 aliphatic heterocycles. The molecule has 1 atom stereocenters. The first kappa shape index (κ1) is 18.7. The Hall–Kier alpha value is -2.64. The summed E-state index contributed by atoms with van der Waals surface area (Å²) in [7, 11) is 1.74. The van der Waals surface area contributed by atoms with Crippen LogP contribution in [-0.2, 0) is 17.6 Å². The van der Waals surface area contributed by atoms with Crippen LogP contribution < -0.4 is 0 Å². The number of aromatic nitrogens is 3. The SMILES string of the molecule is COC1Cc2ccc(-n3c(-c4cc(C(C)C)c(O)cc4O)n[nH]c3=S)cc2C1. The maximum Gasteiger partial charge on any atom is 0.200 e. The first-order chi connectivity index (χ1) is 13.4. The number of phenols is 2. The van der Waals surface area contributed by atoms with Crippen molar-refractivity contribution in [1.82, 2.24) is 14.8 Å². The molecule has 1 aromatic heterocycles. The van der Waals surface area contributed by atoms with Crippen LogP contribution in [0.15, 0.2) is 30.3 Å². The average Bonchev–Trinajstić information content (AvgIpc) is 3.23. The third kappa shape index (κ3) is 3.10. The standard InChI is InChI=1S/C21H23N3O3S/c1-11(2)16-9-17(19(26)10-18(16)25)20-22-23-21(28)24(20)14-5-4-12-7-15(27-3)8-13(12)6-14/h4-6,9-11,15,25-26H,7-8H2,1-3H3,(H,23,28). The minimum atomic E-state index is -0.0437. The quantitative estimate of drug-likeness (QED) is 0.574. The molecule has 1 heterocycles. The van der Waals surface area contributed by atoms with Crippen molar-refractivity contribution in [2.45, 2.75) is 38.7 Å². The molecule has 3 aromatic rings. The number of benzene rings is 2. The Morgan fingerprint density at radius 1 is 1.14 bits per heavy atom. The number of nitrogens with zero attached hydrogens (tertiary/aromatic N) is 2. The summed E-state index contributed by atoms with van der Waals surface area (Å²) in [5, 5.41) is 27.8. The molecule has 4 rings (SSSR count). The smallest absolute Gasteiger partial charge is 0.200 e. The van der Waals surface area contributed by atoms with E-state index in [1.165, 1.54) is 17.2 Å². The molecule has 0 saturated heterocycles. The van der Waals surface area contributed by atoms with Gasteiger partial charge in [0.2, 0.25) is 0 Å². The van der Waals surface area contributed by atoms with E-state index in [0.29, 0.717) is 16.2 Å². The summed E-state index contributed by atoms with van der Waals surface area (Å²) in [6, 6.07) is 9.33. The molecular formula is C21H23N3O3S. The number of ether oxygens (including phenoxy) is 1. The van der Waals surface area contributed by atoms with Crippen LogP contribution in [0.4, 0.5) is 0 Å². The Bertz CT molecular complexity index is 1100. The maximum absolute atomic E-state index is 10.5. The molecule has 7 heteroatoms. The fourth-order valence-electron chi connectivity index (χ4n) is 3.82. The summed E-state index contributed by atoms with van der Waals surface area (Å²) in [5.74, 6) is 0.629. The van der Waals surface area contributed by atoms with E-state index in [0.717, 1.165) is 24.1 Å². The van der Waals surface area contributed by atoms with Crippen molar-refractivity contribution in [2.24, 2.45) is 0 Å². The van der Waals surface area contributed by atoms with Gasteiger partial charge in [0, 0.05) is 13.2 Å². The highest BCUT2D eigenvalue weighted by Crippen LogP contribution is 2.38. The predicted molar refractivity (Wildman–Crippen MR) is 110 cm³/mol. The lowest BCUT2D eigenvalue weighted by atomic mass is 9.98. The fourth-order valence-corrected chi connectivity index (χ4v) is 4.06. The third-order valence-corrected chi connectivity index (χ3v) is 5.63. The molecule has 2 aromatic carbocycles. The summed E-state index contributed by atoms with van der Waals surface area (Å²) in [6.07, 6.45) is 1.98. The van der Waals surface area contributed by atoms with Gasteiger partial charge in [-0.05, 0) is 65.9 Å². The van der Waals surface area contributed by atoms with Gasteiger partial charge in [-0.3, -0.25) is 9.67 Å². The zero-order chi connectivity index (χ0) is 20.0. The van der Waals surface area contributed by atoms with Gasteiger partial charge in [0.05, 0.1) is 17.4 Å². The highest BCUT2D eigenvalue weighted by molar-refractivity contribution is 7.71. The Labute approximate surface area is 168 Å². The number of aromatic hydroxyl groups is 2. The number of aromatic amines is 1. The van der Waals surface area contributed by atoms with Gasteiger partial charge >= 0.3 is 0 Å². The molecule has 0 bridgehead atoms. The molecule has 6 nitrogen and oxygen atoms in total. The van der Waals surface area contributed by atoms with Crippen LogP contribution in [0, 0.1) is 4.77 Å². The second kappa shape index (κ2) is 7.07. The lowest BCUT2D eigenvalue weighted by Gasteiger charge is -2.14. The first-order valence-electron chi connectivity index (χ1n) is 9.27. The number of hydrogen-bond acceptors (Lipinski definition) is 5. The van der Waals surface area contributed by atoms with E-state index in [4.69, 9.17) is 17.0 Å². The van der Waals surface area contributed by atoms with Gasteiger partial charge in [0.25, 0.3) is 0 Å². The van der Waals surface area contributed by atoms with Crippen molar-refractivity contribution in [3.05, 3.63) is 51.8 Å². The van der Waals surface area contributed by atoms with Gasteiger partial charge in [-0.1, -0.05) is 19.9 Å². The Balaban J connectivity index is 1.85. The molecule has 0 radical (unpaired) electrons. The lowest BCUT2D eigenvalue weighted by molar-refractivity contribution is 0.112. The Morgan fingerprint density at radius 2 is 1.89 bits per heavy atom. The number of fused-ring (bicyclic) bond motifs is 1. The third-order valence-electron chi connectivity index (χ3n) is 5.36. The molecule has 0 amide bonds. The zero-order valence-corrected chi connectivity index (χ0v) is 16.9. The summed E-state index contributed by atoms with van der Waals surface area (Å²) in [5.41, 5.74) is 4.65. The molecule has 146 valence electrons. The number of rotatable bonds is 4. The number of hydrogen-bond donors (Lipinski definition) is 3. The minimum absolute atomic E-state index is 0.0437. The van der Waals surface area contributed by atoms with Gasteiger partial charge in [-0.25, -0.2) is 0 Å². The van der Waals surface area contributed by atoms with Gasteiger partial charge in [0.15, 0.2) is 10.6 Å². The highest BCUT2D eigenvalue weighted by Gasteiger charge is 2.23. The monoisotopic (exact) mass is 397 g/mol. The fraction of sp³-hybridized carbons (Fsp3) is 0.333. The molecule has 0 saturated carbocycles. The average molecular weight is 398 g/mol. The highest BCUT2D eigenvalue weighted by atomic mass is 32.1. The van der Waals surface area contributed by atoms with E-state index in [9.17, 15) is 10.2 Å². The van der Waals surface area contributed by atoms with Crippen molar-refractivity contribution in [3.63, 3.8) is 0 Å². The summed E-state index contributed by atoms with van der Waals surface area (Å²) in [6.45, 7) is 3.97. The van der Waals surface area contributed by atoms with E-state index >= 15 is 0 Å². The molecule has 1 aliphatic carbocycles. The first-order valence-corrected chi connectivity index (χ1v) is 9.68. The molecule has 0 spiro atoms. The van der Waals surface area contributed by atoms with Crippen LogP contribution in [-0.4, -0.2) is 38.2 Å². The molecule has 0 fully saturated rings. The van der Waals surface area contributed by atoms with Gasteiger partial charge < -0.3 is 14.9 Å². The van der Waals surface area contributed by atoms with Crippen molar-refractivity contribution in [1.29, 1.82) is 0 Å². The predicted octanol–water partition coefficient (Wildman–Crippen LogP) is 4.25. The van der Waals surface area contributed by atoms with E-state index in [2.05, 4.69) is 22.3 Å². The Kier molecular flexibility index (Phi) is 4.72. The number of phenolic OH excluding ortho intramolecular Hbond substituents is 2. The van der Waals surface area contributed by atoms with Crippen molar-refractivity contribution in [2.75, 3.05) is 7.11 Å². The summed E-state index contributed by atoms with van der Waals surface area (Å²) in [4.78, 5) is 0. The van der Waals surface area contributed by atoms with Gasteiger partial charge in [0.1, 0.15) is 11.5 Å².